The lowest BCUT2D eigenvalue weighted by molar-refractivity contribution is 0.0876. The summed E-state index contributed by atoms with van der Waals surface area (Å²) in [5.74, 6) is 0.727. The molecule has 0 aliphatic carbocycles. The number of aliphatic hydroxyl groups is 1. The van der Waals surface area contributed by atoms with Gasteiger partial charge in [0.05, 0.1) is 0 Å². The minimum atomic E-state index is -0.409. The van der Waals surface area contributed by atoms with Gasteiger partial charge in [0.15, 0.2) is 0 Å². The Morgan fingerprint density at radius 2 is 2.00 bits per heavy atom. The molecule has 0 aromatic rings. The van der Waals surface area contributed by atoms with Crippen LogP contribution in [0.15, 0.2) is 0 Å². The van der Waals surface area contributed by atoms with E-state index in [0.717, 1.165) is 32.1 Å². The van der Waals surface area contributed by atoms with Gasteiger partial charge in [0.1, 0.15) is 6.23 Å². The Hall–Kier alpha value is -0.120. The first-order valence-corrected chi connectivity index (χ1v) is 6.69. The van der Waals surface area contributed by atoms with Crippen LogP contribution in [-0.4, -0.2) is 31.1 Å². The Balaban J connectivity index is 3.27. The molecule has 16 heavy (non-hydrogen) atoms. The smallest absolute Gasteiger partial charge is 0.102 e. The maximum atomic E-state index is 8.98. The van der Waals surface area contributed by atoms with Gasteiger partial charge in [-0.25, -0.2) is 0 Å². The third-order valence-electron chi connectivity index (χ3n) is 2.80. The quantitative estimate of drug-likeness (QED) is 0.424. The van der Waals surface area contributed by atoms with E-state index in [1.165, 1.54) is 25.7 Å². The normalized spacial score (nSPS) is 15.0. The fourth-order valence-electron chi connectivity index (χ4n) is 1.63. The summed E-state index contributed by atoms with van der Waals surface area (Å²) in [6.07, 6.45) is 5.65. The predicted molar refractivity (Wildman–Crippen MR) is 68.4 cm³/mol. The van der Waals surface area contributed by atoms with E-state index in [4.69, 9.17) is 9.84 Å². The highest BCUT2D eigenvalue weighted by atomic mass is 16.5. The van der Waals surface area contributed by atoms with Gasteiger partial charge >= 0.3 is 0 Å². The fourth-order valence-corrected chi connectivity index (χ4v) is 1.63. The van der Waals surface area contributed by atoms with Gasteiger partial charge in [-0.05, 0) is 32.2 Å². The minimum Gasteiger partial charge on any atom is -0.381 e. The summed E-state index contributed by atoms with van der Waals surface area (Å²) in [7, 11) is 0. The van der Waals surface area contributed by atoms with E-state index in [1.54, 1.807) is 6.92 Å². The van der Waals surface area contributed by atoms with E-state index in [0.29, 0.717) is 0 Å². The van der Waals surface area contributed by atoms with Gasteiger partial charge in [0, 0.05) is 13.2 Å². The minimum absolute atomic E-state index is 0.409. The first-order chi connectivity index (χ1) is 7.70. The van der Waals surface area contributed by atoms with Crippen molar-refractivity contribution >= 4 is 0 Å². The maximum absolute atomic E-state index is 8.98. The Morgan fingerprint density at radius 1 is 1.25 bits per heavy atom. The van der Waals surface area contributed by atoms with Crippen molar-refractivity contribution in [2.24, 2.45) is 5.92 Å². The van der Waals surface area contributed by atoms with E-state index in [9.17, 15) is 0 Å². The zero-order chi connectivity index (χ0) is 12.2. The van der Waals surface area contributed by atoms with Crippen molar-refractivity contribution in [3.8, 4) is 0 Å². The number of ether oxygens (including phenoxy) is 1. The molecular formula is C13H29NO2. The molecule has 0 aliphatic heterocycles. The SMILES string of the molecule is CCCCC(CC)COCCCNC(C)O. The molecule has 2 unspecified atom stereocenters. The zero-order valence-electron chi connectivity index (χ0n) is 11.2. The first kappa shape index (κ1) is 15.9. The number of nitrogens with one attached hydrogen (secondary N) is 1. The molecule has 0 rings (SSSR count). The van der Waals surface area contributed by atoms with Crippen LogP contribution >= 0.6 is 0 Å². The molecule has 0 heterocycles. The van der Waals surface area contributed by atoms with Gasteiger partial charge < -0.3 is 9.84 Å². The Bertz CT molecular complexity index is 140. The fraction of sp³-hybridized carbons (Fsp3) is 1.00. The molecule has 0 radical (unpaired) electrons. The molecule has 0 saturated carbocycles. The molecule has 2 atom stereocenters. The summed E-state index contributed by atoms with van der Waals surface area (Å²) in [5.41, 5.74) is 0. The Kier molecular flexibility index (Phi) is 11.3. The second kappa shape index (κ2) is 11.4. The van der Waals surface area contributed by atoms with Crippen LogP contribution in [0.25, 0.3) is 0 Å². The molecule has 0 fully saturated rings. The molecule has 2 N–H and O–H groups in total. The molecule has 3 nitrogen and oxygen atoms in total. The average molecular weight is 231 g/mol. The number of unbranched alkanes of at least 4 members (excludes halogenated alkanes) is 1. The van der Waals surface area contributed by atoms with Crippen molar-refractivity contribution in [1.29, 1.82) is 0 Å². The Morgan fingerprint density at radius 3 is 2.56 bits per heavy atom. The first-order valence-electron chi connectivity index (χ1n) is 6.69. The second-order valence-electron chi connectivity index (χ2n) is 4.48. The summed E-state index contributed by atoms with van der Waals surface area (Å²) < 4.78 is 5.64. The van der Waals surface area contributed by atoms with Crippen LogP contribution in [-0.2, 0) is 4.74 Å². The maximum Gasteiger partial charge on any atom is 0.102 e. The number of hydrogen-bond acceptors (Lipinski definition) is 3. The van der Waals surface area contributed by atoms with Gasteiger partial charge in [-0.1, -0.05) is 33.1 Å². The third-order valence-corrected chi connectivity index (χ3v) is 2.80. The standard InChI is InChI=1S/C13H29NO2/c1-4-6-8-13(5-2)11-16-10-7-9-14-12(3)15/h12-15H,4-11H2,1-3H3. The topological polar surface area (TPSA) is 41.5 Å². The summed E-state index contributed by atoms with van der Waals surface area (Å²) in [4.78, 5) is 0. The lowest BCUT2D eigenvalue weighted by Gasteiger charge is -2.14. The third kappa shape index (κ3) is 10.4. The van der Waals surface area contributed by atoms with Crippen molar-refractivity contribution in [3.05, 3.63) is 0 Å². The zero-order valence-corrected chi connectivity index (χ0v) is 11.2. The van der Waals surface area contributed by atoms with E-state index in [1.807, 2.05) is 0 Å². The highest BCUT2D eigenvalue weighted by Gasteiger charge is 2.05. The lowest BCUT2D eigenvalue weighted by atomic mass is 10.0. The molecule has 0 aromatic carbocycles. The molecule has 98 valence electrons. The summed E-state index contributed by atoms with van der Waals surface area (Å²) in [6.45, 7) is 8.71. The summed E-state index contributed by atoms with van der Waals surface area (Å²) in [6, 6.07) is 0. The molecule has 0 aromatic heterocycles. The summed E-state index contributed by atoms with van der Waals surface area (Å²) in [5, 5.41) is 11.9. The van der Waals surface area contributed by atoms with Crippen LogP contribution in [0.4, 0.5) is 0 Å². The van der Waals surface area contributed by atoms with Gasteiger partial charge in [-0.2, -0.15) is 0 Å². The van der Waals surface area contributed by atoms with Gasteiger partial charge in [-0.3, -0.25) is 5.32 Å². The highest BCUT2D eigenvalue weighted by molar-refractivity contribution is 4.56. The highest BCUT2D eigenvalue weighted by Crippen LogP contribution is 2.12. The molecule has 3 heteroatoms. The van der Waals surface area contributed by atoms with E-state index in [2.05, 4.69) is 19.2 Å². The number of aliphatic hydroxyl groups excluding tert-OH is 1. The van der Waals surface area contributed by atoms with Crippen molar-refractivity contribution in [2.45, 2.75) is 59.1 Å². The molecule has 0 amide bonds. The van der Waals surface area contributed by atoms with Crippen LogP contribution in [0.1, 0.15) is 52.9 Å². The van der Waals surface area contributed by atoms with Gasteiger partial charge in [0.25, 0.3) is 0 Å². The van der Waals surface area contributed by atoms with Crippen LogP contribution in [0.2, 0.25) is 0 Å². The monoisotopic (exact) mass is 231 g/mol. The van der Waals surface area contributed by atoms with E-state index >= 15 is 0 Å². The molecule has 0 spiro atoms. The molecule has 0 saturated heterocycles. The van der Waals surface area contributed by atoms with Crippen molar-refractivity contribution in [3.63, 3.8) is 0 Å². The van der Waals surface area contributed by atoms with Crippen LogP contribution in [0, 0.1) is 5.92 Å². The largest absolute Gasteiger partial charge is 0.381 e. The van der Waals surface area contributed by atoms with E-state index < -0.39 is 6.23 Å². The van der Waals surface area contributed by atoms with Crippen molar-refractivity contribution < 1.29 is 9.84 Å². The average Bonchev–Trinajstić information content (AvgIpc) is 2.26. The van der Waals surface area contributed by atoms with Crippen LogP contribution in [0.5, 0.6) is 0 Å². The van der Waals surface area contributed by atoms with Gasteiger partial charge in [-0.15, -0.1) is 0 Å². The van der Waals surface area contributed by atoms with Crippen molar-refractivity contribution in [2.75, 3.05) is 19.8 Å². The van der Waals surface area contributed by atoms with Gasteiger partial charge in [0.2, 0.25) is 0 Å². The number of rotatable bonds is 11. The summed E-state index contributed by atoms with van der Waals surface area (Å²) >= 11 is 0. The second-order valence-corrected chi connectivity index (χ2v) is 4.48. The lowest BCUT2D eigenvalue weighted by Crippen LogP contribution is -2.27. The van der Waals surface area contributed by atoms with E-state index in [-0.39, 0.29) is 0 Å². The molecule has 0 aliphatic rings. The van der Waals surface area contributed by atoms with Crippen LogP contribution < -0.4 is 5.32 Å². The molecule has 0 bridgehead atoms. The predicted octanol–water partition coefficient (Wildman–Crippen LogP) is 2.54. The number of hydrogen-bond donors (Lipinski definition) is 2. The van der Waals surface area contributed by atoms with Crippen LogP contribution in [0.3, 0.4) is 0 Å². The molecular weight excluding hydrogens is 202 g/mol. The van der Waals surface area contributed by atoms with Crippen molar-refractivity contribution in [1.82, 2.24) is 5.32 Å². The Labute approximate surface area is 101 Å².